The van der Waals surface area contributed by atoms with E-state index in [1.807, 2.05) is 0 Å². The van der Waals surface area contributed by atoms with Crippen molar-refractivity contribution in [2.45, 2.75) is 19.8 Å². The van der Waals surface area contributed by atoms with Crippen LogP contribution in [0.4, 0.5) is 0 Å². The van der Waals surface area contributed by atoms with Crippen LogP contribution in [0.1, 0.15) is 30.1 Å². The second-order valence-electron chi connectivity index (χ2n) is 4.64. The molecule has 0 fully saturated rings. The lowest BCUT2D eigenvalue weighted by atomic mass is 10.0. The topological polar surface area (TPSA) is 105 Å². The molecule has 0 radical (unpaired) electrons. The predicted octanol–water partition coefficient (Wildman–Crippen LogP) is 0.957. The number of nitrogens with one attached hydrogen (secondary N) is 2. The van der Waals surface area contributed by atoms with Crippen LogP contribution in [-0.4, -0.2) is 30.0 Å². The summed E-state index contributed by atoms with van der Waals surface area (Å²) in [5.41, 5.74) is 4.86. The van der Waals surface area contributed by atoms with Gasteiger partial charge in [0.2, 0.25) is 5.91 Å². The van der Waals surface area contributed by atoms with Crippen molar-refractivity contribution in [2.75, 3.05) is 7.11 Å². The van der Waals surface area contributed by atoms with Crippen molar-refractivity contribution in [3.63, 3.8) is 0 Å². The van der Waals surface area contributed by atoms with Crippen molar-refractivity contribution < 1.29 is 24.2 Å². The molecule has 7 heteroatoms. The van der Waals surface area contributed by atoms with Gasteiger partial charge in [-0.05, 0) is 24.1 Å². The number of amides is 2. The maximum atomic E-state index is 11.8. The molecule has 0 saturated carbocycles. The standard InChI is InChI=1S/C14H18N2O5/c1-9(7-13(18)19)6-12(17)15-16-14(20)10-4-3-5-11(8-10)21-2/h3-5,8-9H,6-7H2,1-2H3,(H,15,17)(H,16,20)(H,18,19)/t9-/m0/s1. The van der Waals surface area contributed by atoms with E-state index in [1.165, 1.54) is 13.2 Å². The third-order valence-corrected chi connectivity index (χ3v) is 2.70. The molecule has 0 aliphatic heterocycles. The zero-order valence-electron chi connectivity index (χ0n) is 11.9. The average molecular weight is 294 g/mol. The molecule has 0 aromatic heterocycles. The van der Waals surface area contributed by atoms with Gasteiger partial charge in [-0.2, -0.15) is 0 Å². The first-order valence-corrected chi connectivity index (χ1v) is 6.37. The fraction of sp³-hybridized carbons (Fsp3) is 0.357. The number of hydrazine groups is 1. The fourth-order valence-electron chi connectivity index (χ4n) is 1.70. The number of carboxylic acid groups (broad SMARTS) is 1. The van der Waals surface area contributed by atoms with Crippen LogP contribution >= 0.6 is 0 Å². The van der Waals surface area contributed by atoms with Gasteiger partial charge in [-0.1, -0.05) is 13.0 Å². The SMILES string of the molecule is COc1cccc(C(=O)NNC(=O)C[C@H](C)CC(=O)O)c1. The van der Waals surface area contributed by atoms with Crippen molar-refractivity contribution in [2.24, 2.45) is 5.92 Å². The predicted molar refractivity (Wildman–Crippen MR) is 74.6 cm³/mol. The Kier molecular flexibility index (Phi) is 6.19. The maximum absolute atomic E-state index is 11.8. The summed E-state index contributed by atoms with van der Waals surface area (Å²) in [6.07, 6.45) is -0.0814. The Morgan fingerprint density at radius 2 is 1.95 bits per heavy atom. The molecule has 0 spiro atoms. The third-order valence-electron chi connectivity index (χ3n) is 2.70. The lowest BCUT2D eigenvalue weighted by Crippen LogP contribution is -2.42. The molecule has 0 bridgehead atoms. The number of hydrogen-bond acceptors (Lipinski definition) is 4. The van der Waals surface area contributed by atoms with E-state index in [-0.39, 0.29) is 18.8 Å². The highest BCUT2D eigenvalue weighted by atomic mass is 16.5. The van der Waals surface area contributed by atoms with Crippen molar-refractivity contribution in [1.29, 1.82) is 0 Å². The van der Waals surface area contributed by atoms with Gasteiger partial charge in [0.1, 0.15) is 5.75 Å². The molecule has 2 amide bonds. The Morgan fingerprint density at radius 1 is 1.24 bits per heavy atom. The van der Waals surface area contributed by atoms with E-state index in [9.17, 15) is 14.4 Å². The summed E-state index contributed by atoms with van der Waals surface area (Å²) in [6, 6.07) is 6.47. The minimum absolute atomic E-state index is 0.0185. The number of carboxylic acids is 1. The summed E-state index contributed by atoms with van der Waals surface area (Å²) < 4.78 is 5.00. The van der Waals surface area contributed by atoms with Crippen LogP contribution in [0.5, 0.6) is 5.75 Å². The highest BCUT2D eigenvalue weighted by molar-refractivity contribution is 5.95. The van der Waals surface area contributed by atoms with E-state index in [4.69, 9.17) is 9.84 Å². The third kappa shape index (κ3) is 5.94. The van der Waals surface area contributed by atoms with E-state index in [0.29, 0.717) is 11.3 Å². The van der Waals surface area contributed by atoms with Gasteiger partial charge < -0.3 is 9.84 Å². The number of ether oxygens (including phenoxy) is 1. The van der Waals surface area contributed by atoms with Crippen molar-refractivity contribution in [3.05, 3.63) is 29.8 Å². The number of rotatable bonds is 6. The number of carbonyl (C=O) groups is 3. The lowest BCUT2D eigenvalue weighted by Gasteiger charge is -2.10. The summed E-state index contributed by atoms with van der Waals surface area (Å²) in [5.74, 6) is -1.66. The number of aliphatic carboxylic acids is 1. The molecule has 0 aliphatic carbocycles. The van der Waals surface area contributed by atoms with Gasteiger partial charge in [0, 0.05) is 18.4 Å². The summed E-state index contributed by atoms with van der Waals surface area (Å²) in [7, 11) is 1.49. The van der Waals surface area contributed by atoms with Gasteiger partial charge in [-0.15, -0.1) is 0 Å². The second-order valence-corrected chi connectivity index (χ2v) is 4.64. The van der Waals surface area contributed by atoms with Gasteiger partial charge in [0.05, 0.1) is 7.11 Å². The molecule has 0 aliphatic rings. The van der Waals surface area contributed by atoms with Gasteiger partial charge in [0.15, 0.2) is 0 Å². The molecule has 0 heterocycles. The molecule has 1 aromatic rings. The van der Waals surface area contributed by atoms with Gasteiger partial charge >= 0.3 is 5.97 Å². The van der Waals surface area contributed by atoms with Crippen LogP contribution in [0.25, 0.3) is 0 Å². The minimum Gasteiger partial charge on any atom is -0.497 e. The molecule has 1 aromatic carbocycles. The molecule has 1 rings (SSSR count). The lowest BCUT2D eigenvalue weighted by molar-refractivity contribution is -0.138. The molecule has 7 nitrogen and oxygen atoms in total. The number of carbonyl (C=O) groups excluding carboxylic acids is 2. The largest absolute Gasteiger partial charge is 0.497 e. The Bertz CT molecular complexity index is 530. The molecule has 114 valence electrons. The van der Waals surface area contributed by atoms with Crippen LogP contribution in [0.15, 0.2) is 24.3 Å². The van der Waals surface area contributed by atoms with Crippen molar-refractivity contribution in [1.82, 2.24) is 10.9 Å². The Morgan fingerprint density at radius 3 is 2.57 bits per heavy atom. The molecule has 21 heavy (non-hydrogen) atoms. The van der Waals surface area contributed by atoms with Crippen molar-refractivity contribution in [3.8, 4) is 5.75 Å². The van der Waals surface area contributed by atoms with Crippen LogP contribution < -0.4 is 15.6 Å². The number of hydrogen-bond donors (Lipinski definition) is 3. The van der Waals surface area contributed by atoms with Crippen LogP contribution in [0.2, 0.25) is 0 Å². The normalized spacial score (nSPS) is 11.3. The molecule has 3 N–H and O–H groups in total. The van der Waals surface area contributed by atoms with E-state index < -0.39 is 17.8 Å². The molecule has 1 atom stereocenters. The van der Waals surface area contributed by atoms with Gasteiger partial charge in [-0.3, -0.25) is 25.2 Å². The van der Waals surface area contributed by atoms with E-state index in [1.54, 1.807) is 25.1 Å². The first-order chi connectivity index (χ1) is 9.92. The minimum atomic E-state index is -0.962. The van der Waals surface area contributed by atoms with Gasteiger partial charge in [-0.25, -0.2) is 0 Å². The summed E-state index contributed by atoms with van der Waals surface area (Å²) in [5, 5.41) is 8.60. The fourth-order valence-corrected chi connectivity index (χ4v) is 1.70. The van der Waals surface area contributed by atoms with E-state index in [0.717, 1.165) is 0 Å². The molecule has 0 saturated heterocycles. The van der Waals surface area contributed by atoms with Crippen LogP contribution in [0.3, 0.4) is 0 Å². The number of methoxy groups -OCH3 is 1. The first kappa shape index (κ1) is 16.5. The average Bonchev–Trinajstić information content (AvgIpc) is 2.43. The molecular weight excluding hydrogens is 276 g/mol. The van der Waals surface area contributed by atoms with Crippen LogP contribution in [-0.2, 0) is 9.59 Å². The summed E-state index contributed by atoms with van der Waals surface area (Å²) in [4.78, 5) is 33.8. The zero-order chi connectivity index (χ0) is 15.8. The van der Waals surface area contributed by atoms with Crippen LogP contribution in [0, 0.1) is 5.92 Å². The Hall–Kier alpha value is -2.57. The van der Waals surface area contributed by atoms with Crippen molar-refractivity contribution >= 4 is 17.8 Å². The number of benzene rings is 1. The van der Waals surface area contributed by atoms with E-state index in [2.05, 4.69) is 10.9 Å². The smallest absolute Gasteiger partial charge is 0.303 e. The monoisotopic (exact) mass is 294 g/mol. The highest BCUT2D eigenvalue weighted by Crippen LogP contribution is 2.12. The molecular formula is C14H18N2O5. The maximum Gasteiger partial charge on any atom is 0.303 e. The summed E-state index contributed by atoms with van der Waals surface area (Å²) >= 11 is 0. The molecule has 0 unspecified atom stereocenters. The zero-order valence-corrected chi connectivity index (χ0v) is 11.9. The quantitative estimate of drug-likeness (QED) is 0.678. The summed E-state index contributed by atoms with van der Waals surface area (Å²) in [6.45, 7) is 1.65. The highest BCUT2D eigenvalue weighted by Gasteiger charge is 2.13. The Balaban J connectivity index is 2.45. The van der Waals surface area contributed by atoms with Gasteiger partial charge in [0.25, 0.3) is 5.91 Å². The second kappa shape index (κ2) is 7.88. The first-order valence-electron chi connectivity index (χ1n) is 6.37. The Labute approximate surface area is 122 Å². The van der Waals surface area contributed by atoms with E-state index >= 15 is 0 Å².